The standard InChI is InChI=1S/C14H13F4NO2/c15-9-7-10(16)13(18)11(12(9)17)14(20)19-4-1-8-2-5-21-6-3-8/h2,7H,1,3-6H2,(H,19,20). The average molecular weight is 303 g/mol. The highest BCUT2D eigenvalue weighted by atomic mass is 19.2. The molecule has 1 aromatic rings. The molecule has 1 aromatic carbocycles. The number of nitrogens with one attached hydrogen (secondary N) is 1. The Bertz CT molecular complexity index is 561. The summed E-state index contributed by atoms with van der Waals surface area (Å²) in [4.78, 5) is 11.7. The molecule has 1 amide bonds. The lowest BCUT2D eigenvalue weighted by atomic mass is 10.1. The molecule has 0 saturated carbocycles. The third-order valence-corrected chi connectivity index (χ3v) is 3.13. The minimum Gasteiger partial charge on any atom is -0.377 e. The first-order valence-corrected chi connectivity index (χ1v) is 6.37. The maximum atomic E-state index is 13.4. The number of carbonyl (C=O) groups excluding carboxylic acids is 1. The first-order chi connectivity index (χ1) is 10.0. The van der Waals surface area contributed by atoms with Crippen LogP contribution in [0.15, 0.2) is 17.7 Å². The topological polar surface area (TPSA) is 38.3 Å². The molecule has 114 valence electrons. The second-order valence-corrected chi connectivity index (χ2v) is 4.54. The molecule has 0 bridgehead atoms. The minimum absolute atomic E-state index is 0.0638. The SMILES string of the molecule is O=C(NCCC1=CCOCC1)c1c(F)c(F)cc(F)c1F. The lowest BCUT2D eigenvalue weighted by Crippen LogP contribution is -2.28. The van der Waals surface area contributed by atoms with Crippen molar-refractivity contribution in [1.29, 1.82) is 0 Å². The molecule has 0 aromatic heterocycles. The van der Waals surface area contributed by atoms with E-state index in [9.17, 15) is 22.4 Å². The Balaban J connectivity index is 2.02. The number of hydrogen-bond acceptors (Lipinski definition) is 2. The van der Waals surface area contributed by atoms with E-state index >= 15 is 0 Å². The Labute approximate surface area is 118 Å². The smallest absolute Gasteiger partial charge is 0.257 e. The molecule has 0 fully saturated rings. The van der Waals surface area contributed by atoms with Crippen LogP contribution < -0.4 is 5.32 Å². The van der Waals surface area contributed by atoms with Crippen molar-refractivity contribution in [1.82, 2.24) is 5.32 Å². The zero-order chi connectivity index (χ0) is 15.4. The monoisotopic (exact) mass is 303 g/mol. The van der Waals surface area contributed by atoms with E-state index < -0.39 is 34.7 Å². The number of benzene rings is 1. The Hall–Kier alpha value is -1.89. The number of rotatable bonds is 4. The second-order valence-electron chi connectivity index (χ2n) is 4.54. The van der Waals surface area contributed by atoms with Crippen LogP contribution in [0.1, 0.15) is 23.2 Å². The number of ether oxygens (including phenoxy) is 1. The zero-order valence-corrected chi connectivity index (χ0v) is 11.0. The van der Waals surface area contributed by atoms with E-state index in [1.807, 2.05) is 6.08 Å². The Morgan fingerprint density at radius 3 is 2.43 bits per heavy atom. The molecule has 1 N–H and O–H groups in total. The van der Waals surface area contributed by atoms with Gasteiger partial charge in [-0.05, 0) is 12.8 Å². The predicted octanol–water partition coefficient (Wildman–Crippen LogP) is 2.71. The van der Waals surface area contributed by atoms with Crippen molar-refractivity contribution in [2.75, 3.05) is 19.8 Å². The highest BCUT2D eigenvalue weighted by Gasteiger charge is 2.24. The highest BCUT2D eigenvalue weighted by molar-refractivity contribution is 5.94. The van der Waals surface area contributed by atoms with E-state index in [-0.39, 0.29) is 12.6 Å². The summed E-state index contributed by atoms with van der Waals surface area (Å²) in [5, 5.41) is 2.25. The molecule has 1 heterocycles. The highest BCUT2D eigenvalue weighted by Crippen LogP contribution is 2.19. The van der Waals surface area contributed by atoms with Gasteiger partial charge in [-0.3, -0.25) is 4.79 Å². The van der Waals surface area contributed by atoms with E-state index in [0.717, 1.165) is 5.57 Å². The van der Waals surface area contributed by atoms with Crippen LogP contribution in [0.25, 0.3) is 0 Å². The van der Waals surface area contributed by atoms with Crippen molar-refractivity contribution in [3.8, 4) is 0 Å². The lowest BCUT2D eigenvalue weighted by Gasteiger charge is -2.14. The van der Waals surface area contributed by atoms with Crippen LogP contribution in [0.3, 0.4) is 0 Å². The van der Waals surface area contributed by atoms with Gasteiger partial charge in [-0.15, -0.1) is 0 Å². The summed E-state index contributed by atoms with van der Waals surface area (Å²) >= 11 is 0. The largest absolute Gasteiger partial charge is 0.377 e. The summed E-state index contributed by atoms with van der Waals surface area (Å²) in [6.07, 6.45) is 3.06. The number of hydrogen-bond donors (Lipinski definition) is 1. The summed E-state index contributed by atoms with van der Waals surface area (Å²) in [6, 6.07) is 0.0638. The second kappa shape index (κ2) is 6.71. The molecule has 1 aliphatic rings. The fourth-order valence-electron chi connectivity index (χ4n) is 1.99. The van der Waals surface area contributed by atoms with Gasteiger partial charge in [0, 0.05) is 12.6 Å². The van der Waals surface area contributed by atoms with Crippen LogP contribution in [0.5, 0.6) is 0 Å². The minimum atomic E-state index is -1.70. The molecule has 0 atom stereocenters. The van der Waals surface area contributed by atoms with Crippen LogP contribution >= 0.6 is 0 Å². The fraction of sp³-hybridized carbons (Fsp3) is 0.357. The van der Waals surface area contributed by atoms with E-state index in [4.69, 9.17) is 4.74 Å². The van der Waals surface area contributed by atoms with Gasteiger partial charge in [0.15, 0.2) is 23.3 Å². The molecule has 2 rings (SSSR count). The first kappa shape index (κ1) is 15.5. The van der Waals surface area contributed by atoms with E-state index in [2.05, 4.69) is 5.32 Å². The molecular weight excluding hydrogens is 290 g/mol. The molecule has 0 unspecified atom stereocenters. The predicted molar refractivity (Wildman–Crippen MR) is 66.7 cm³/mol. The summed E-state index contributed by atoms with van der Waals surface area (Å²) < 4.78 is 57.9. The van der Waals surface area contributed by atoms with E-state index in [1.54, 1.807) is 0 Å². The van der Waals surface area contributed by atoms with Gasteiger partial charge in [-0.2, -0.15) is 0 Å². The molecule has 0 spiro atoms. The van der Waals surface area contributed by atoms with Gasteiger partial charge in [-0.1, -0.05) is 11.6 Å². The van der Waals surface area contributed by atoms with Crippen molar-refractivity contribution in [3.63, 3.8) is 0 Å². The molecule has 7 heteroatoms. The zero-order valence-electron chi connectivity index (χ0n) is 11.0. The van der Waals surface area contributed by atoms with Crippen LogP contribution in [0, 0.1) is 23.3 Å². The maximum Gasteiger partial charge on any atom is 0.257 e. The molecule has 0 aliphatic carbocycles. The van der Waals surface area contributed by atoms with Crippen LogP contribution in [0.4, 0.5) is 17.6 Å². The van der Waals surface area contributed by atoms with Crippen molar-refractivity contribution < 1.29 is 27.1 Å². The van der Waals surface area contributed by atoms with E-state index in [0.29, 0.717) is 26.1 Å². The van der Waals surface area contributed by atoms with Crippen LogP contribution in [-0.2, 0) is 4.74 Å². The van der Waals surface area contributed by atoms with Crippen molar-refractivity contribution >= 4 is 5.91 Å². The third kappa shape index (κ3) is 3.60. The van der Waals surface area contributed by atoms with Gasteiger partial charge in [0.05, 0.1) is 13.2 Å². The number of amides is 1. The molecule has 21 heavy (non-hydrogen) atoms. The average Bonchev–Trinajstić information content (AvgIpc) is 2.46. The van der Waals surface area contributed by atoms with E-state index in [1.165, 1.54) is 0 Å². The van der Waals surface area contributed by atoms with Gasteiger partial charge in [0.1, 0.15) is 5.56 Å². The third-order valence-electron chi connectivity index (χ3n) is 3.13. The number of halogens is 4. The summed E-state index contributed by atoms with van der Waals surface area (Å²) in [7, 11) is 0. The Kier molecular flexibility index (Phi) is 4.95. The summed E-state index contributed by atoms with van der Waals surface area (Å²) in [5.41, 5.74) is -0.193. The van der Waals surface area contributed by atoms with Crippen molar-refractivity contribution in [2.24, 2.45) is 0 Å². The maximum absolute atomic E-state index is 13.4. The quantitative estimate of drug-likeness (QED) is 0.528. The normalized spacial score (nSPS) is 14.8. The van der Waals surface area contributed by atoms with Crippen molar-refractivity contribution in [2.45, 2.75) is 12.8 Å². The van der Waals surface area contributed by atoms with Gasteiger partial charge in [0.2, 0.25) is 0 Å². The van der Waals surface area contributed by atoms with Crippen LogP contribution in [0.2, 0.25) is 0 Å². The molecule has 1 aliphatic heterocycles. The van der Waals surface area contributed by atoms with Gasteiger partial charge in [0.25, 0.3) is 5.91 Å². The summed E-state index contributed by atoms with van der Waals surface area (Å²) in [5.74, 6) is -7.79. The summed E-state index contributed by atoms with van der Waals surface area (Å²) in [6.45, 7) is 1.18. The first-order valence-electron chi connectivity index (χ1n) is 6.37. The molecule has 0 saturated heterocycles. The Morgan fingerprint density at radius 2 is 1.86 bits per heavy atom. The molecule has 3 nitrogen and oxygen atoms in total. The van der Waals surface area contributed by atoms with Gasteiger partial charge in [-0.25, -0.2) is 17.6 Å². The van der Waals surface area contributed by atoms with Crippen LogP contribution in [-0.4, -0.2) is 25.7 Å². The van der Waals surface area contributed by atoms with Gasteiger partial charge < -0.3 is 10.1 Å². The molecular formula is C14H13F4NO2. The lowest BCUT2D eigenvalue weighted by molar-refractivity contribution is 0.0942. The molecule has 0 radical (unpaired) electrons. The number of carbonyl (C=O) groups is 1. The fourth-order valence-corrected chi connectivity index (χ4v) is 1.99. The van der Waals surface area contributed by atoms with Gasteiger partial charge >= 0.3 is 0 Å². The Morgan fingerprint density at radius 1 is 1.19 bits per heavy atom. The van der Waals surface area contributed by atoms with Crippen molar-refractivity contribution in [3.05, 3.63) is 46.5 Å².